The van der Waals surface area contributed by atoms with Gasteiger partial charge in [-0.25, -0.2) is 4.79 Å². The first-order chi connectivity index (χ1) is 6.73. The Morgan fingerprint density at radius 2 is 1.93 bits per heavy atom. The van der Waals surface area contributed by atoms with Crippen LogP contribution in [0.15, 0.2) is 12.1 Å². The second kappa shape index (κ2) is 4.03. The molecule has 1 N–H and O–H groups in total. The van der Waals surface area contributed by atoms with Gasteiger partial charge in [0.05, 0.1) is 5.56 Å². The molecule has 0 saturated heterocycles. The van der Waals surface area contributed by atoms with Gasteiger partial charge in [0.2, 0.25) is 0 Å². The SMILES string of the molecule is Cc1c(I)cc([B-](F)(F)F)cc1C(=O)O. The summed E-state index contributed by atoms with van der Waals surface area (Å²) < 4.78 is 37.5. The second-order valence-corrected chi connectivity index (χ2v) is 4.22. The molecule has 0 aliphatic rings. The molecule has 0 aliphatic carbocycles. The quantitative estimate of drug-likeness (QED) is 0.668. The molecule has 0 bridgehead atoms. The van der Waals surface area contributed by atoms with Gasteiger partial charge in [0.1, 0.15) is 0 Å². The molecule has 82 valence electrons. The van der Waals surface area contributed by atoms with Crippen LogP contribution in [0, 0.1) is 10.5 Å². The summed E-state index contributed by atoms with van der Waals surface area (Å²) in [5, 5.41) is 8.72. The zero-order valence-corrected chi connectivity index (χ0v) is 9.76. The molecule has 15 heavy (non-hydrogen) atoms. The van der Waals surface area contributed by atoms with E-state index in [4.69, 9.17) is 5.11 Å². The second-order valence-electron chi connectivity index (χ2n) is 3.06. The summed E-state index contributed by atoms with van der Waals surface area (Å²) in [6, 6.07) is 1.64. The Kier molecular flexibility index (Phi) is 3.32. The van der Waals surface area contributed by atoms with E-state index in [9.17, 15) is 17.7 Å². The summed E-state index contributed by atoms with van der Waals surface area (Å²) in [6.07, 6.45) is 0. The first-order valence-corrected chi connectivity index (χ1v) is 5.04. The number of rotatable bonds is 2. The van der Waals surface area contributed by atoms with E-state index in [0.29, 0.717) is 15.2 Å². The van der Waals surface area contributed by atoms with Crippen molar-refractivity contribution in [3.05, 3.63) is 26.8 Å². The van der Waals surface area contributed by atoms with E-state index in [1.807, 2.05) is 0 Å². The van der Waals surface area contributed by atoms with Crippen LogP contribution in [0.25, 0.3) is 0 Å². The van der Waals surface area contributed by atoms with Gasteiger partial charge in [-0.3, -0.25) is 0 Å². The van der Waals surface area contributed by atoms with Crippen LogP contribution in [0.1, 0.15) is 15.9 Å². The van der Waals surface area contributed by atoms with Crippen molar-refractivity contribution in [2.24, 2.45) is 0 Å². The molecule has 0 spiro atoms. The smallest absolute Gasteiger partial charge is 0.478 e. The van der Waals surface area contributed by atoms with E-state index in [1.54, 1.807) is 22.6 Å². The highest BCUT2D eigenvalue weighted by Gasteiger charge is 2.27. The lowest BCUT2D eigenvalue weighted by molar-refractivity contribution is 0.0696. The van der Waals surface area contributed by atoms with Gasteiger partial charge in [-0.05, 0) is 35.1 Å². The number of hydrogen-bond acceptors (Lipinski definition) is 1. The average Bonchev–Trinajstić information content (AvgIpc) is 2.06. The number of halogens is 4. The lowest BCUT2D eigenvalue weighted by Gasteiger charge is -2.17. The summed E-state index contributed by atoms with van der Waals surface area (Å²) in [4.78, 5) is 10.7. The van der Waals surface area contributed by atoms with Crippen molar-refractivity contribution < 1.29 is 22.8 Å². The van der Waals surface area contributed by atoms with Gasteiger partial charge in [-0.15, -0.1) is 5.46 Å². The average molecular weight is 329 g/mol. The normalized spacial score (nSPS) is 11.5. The van der Waals surface area contributed by atoms with E-state index in [-0.39, 0.29) is 5.56 Å². The zero-order valence-electron chi connectivity index (χ0n) is 7.60. The number of carboxylic acids is 1. The molecule has 0 saturated carbocycles. The van der Waals surface area contributed by atoms with E-state index >= 15 is 0 Å². The van der Waals surface area contributed by atoms with E-state index < -0.39 is 18.4 Å². The molecule has 0 aromatic heterocycles. The monoisotopic (exact) mass is 329 g/mol. The van der Waals surface area contributed by atoms with Gasteiger partial charge in [0.25, 0.3) is 0 Å². The minimum atomic E-state index is -5.15. The molecule has 0 amide bonds. The number of carboxylic acid groups (broad SMARTS) is 1. The van der Waals surface area contributed by atoms with Crippen LogP contribution < -0.4 is 5.46 Å². The minimum absolute atomic E-state index is 0.295. The Morgan fingerprint density at radius 1 is 1.40 bits per heavy atom. The van der Waals surface area contributed by atoms with E-state index in [0.717, 1.165) is 6.07 Å². The molecule has 1 rings (SSSR count). The van der Waals surface area contributed by atoms with Crippen molar-refractivity contribution in [2.75, 3.05) is 0 Å². The lowest BCUT2D eigenvalue weighted by atomic mass is 9.79. The van der Waals surface area contributed by atoms with Gasteiger partial charge in [-0.1, -0.05) is 12.1 Å². The molecule has 0 aliphatic heterocycles. The Labute approximate surface area is 97.7 Å². The highest BCUT2D eigenvalue weighted by molar-refractivity contribution is 14.1. The van der Waals surface area contributed by atoms with Crippen LogP contribution in [-0.4, -0.2) is 18.1 Å². The highest BCUT2D eigenvalue weighted by atomic mass is 127. The number of aromatic carboxylic acids is 1. The van der Waals surface area contributed by atoms with Gasteiger partial charge in [-0.2, -0.15) is 0 Å². The van der Waals surface area contributed by atoms with Crippen LogP contribution >= 0.6 is 22.6 Å². The summed E-state index contributed by atoms with van der Waals surface area (Å²) in [7, 11) is 0. The third kappa shape index (κ3) is 2.64. The van der Waals surface area contributed by atoms with Crippen molar-refractivity contribution in [3.8, 4) is 0 Å². The predicted octanol–water partition coefficient (Wildman–Crippen LogP) is 2.35. The maximum Gasteiger partial charge on any atom is 0.509 e. The molecule has 0 radical (unpaired) electrons. The van der Waals surface area contributed by atoms with Gasteiger partial charge >= 0.3 is 12.9 Å². The predicted molar refractivity (Wildman–Crippen MR) is 59.6 cm³/mol. The minimum Gasteiger partial charge on any atom is -0.478 e. The third-order valence-electron chi connectivity index (χ3n) is 1.98. The molecular weight excluding hydrogens is 323 g/mol. The van der Waals surface area contributed by atoms with Crippen molar-refractivity contribution in [2.45, 2.75) is 6.92 Å². The van der Waals surface area contributed by atoms with Crippen molar-refractivity contribution in [1.82, 2.24) is 0 Å². The fourth-order valence-corrected chi connectivity index (χ4v) is 1.76. The van der Waals surface area contributed by atoms with Crippen LogP contribution in [0.3, 0.4) is 0 Å². The highest BCUT2D eigenvalue weighted by Crippen LogP contribution is 2.18. The molecule has 2 nitrogen and oxygen atoms in total. The Hall–Kier alpha value is -0.725. The summed E-state index contributed by atoms with van der Waals surface area (Å²) in [5.74, 6) is -1.34. The maximum absolute atomic E-state index is 12.4. The largest absolute Gasteiger partial charge is 0.509 e. The summed E-state index contributed by atoms with van der Waals surface area (Å²) in [6.45, 7) is -3.67. The molecular formula is C8H6BF3IO2-. The topological polar surface area (TPSA) is 37.3 Å². The van der Waals surface area contributed by atoms with E-state index in [1.165, 1.54) is 6.92 Å². The molecule has 1 aromatic rings. The molecule has 0 atom stereocenters. The maximum atomic E-state index is 12.4. The fourth-order valence-electron chi connectivity index (χ4n) is 1.11. The van der Waals surface area contributed by atoms with Crippen LogP contribution in [0.2, 0.25) is 0 Å². The Morgan fingerprint density at radius 3 is 2.33 bits per heavy atom. The number of carbonyl (C=O) groups is 1. The van der Waals surface area contributed by atoms with Crippen molar-refractivity contribution >= 4 is 41.0 Å². The molecule has 1 aromatic carbocycles. The molecule has 0 fully saturated rings. The summed E-state index contributed by atoms with van der Waals surface area (Å²) >= 11 is 1.70. The van der Waals surface area contributed by atoms with Gasteiger partial charge in [0, 0.05) is 3.57 Å². The van der Waals surface area contributed by atoms with Gasteiger partial charge in [0.15, 0.2) is 0 Å². The molecule has 7 heteroatoms. The van der Waals surface area contributed by atoms with Crippen LogP contribution in [-0.2, 0) is 0 Å². The number of benzene rings is 1. The van der Waals surface area contributed by atoms with E-state index in [2.05, 4.69) is 0 Å². The third-order valence-corrected chi connectivity index (χ3v) is 3.10. The molecule has 0 unspecified atom stereocenters. The first kappa shape index (κ1) is 12.3. The number of hydrogen-bond donors (Lipinski definition) is 1. The Bertz CT molecular complexity index is 417. The van der Waals surface area contributed by atoms with Gasteiger partial charge < -0.3 is 18.1 Å². The Balaban J connectivity index is 3.43. The van der Waals surface area contributed by atoms with Crippen LogP contribution in [0.5, 0.6) is 0 Å². The van der Waals surface area contributed by atoms with Crippen LogP contribution in [0.4, 0.5) is 12.9 Å². The first-order valence-electron chi connectivity index (χ1n) is 3.96. The van der Waals surface area contributed by atoms with Crippen molar-refractivity contribution in [1.29, 1.82) is 0 Å². The standard InChI is InChI=1S/C8H6BF3IO2/c1-4-6(8(14)15)2-5(3-7(4)13)9(10,11)12/h2-3H,1H3,(H,14,15)/q-1. The fraction of sp³-hybridized carbons (Fsp3) is 0.125. The lowest BCUT2D eigenvalue weighted by Crippen LogP contribution is -2.35. The molecule has 0 heterocycles. The van der Waals surface area contributed by atoms with Crippen molar-refractivity contribution in [3.63, 3.8) is 0 Å². The zero-order chi connectivity index (χ0) is 11.8. The summed E-state index contributed by atoms with van der Waals surface area (Å²) in [5.41, 5.74) is -0.814.